The molecule has 1 heterocycles. The molecular weight excluding hydrogens is 382 g/mol. The van der Waals surface area contributed by atoms with Crippen molar-refractivity contribution in [3.63, 3.8) is 0 Å². The van der Waals surface area contributed by atoms with Crippen molar-refractivity contribution in [2.75, 3.05) is 13.7 Å². The first-order valence-electron chi connectivity index (χ1n) is 9.24. The van der Waals surface area contributed by atoms with Gasteiger partial charge in [-0.3, -0.25) is 10.1 Å². The van der Waals surface area contributed by atoms with Crippen molar-refractivity contribution in [1.82, 2.24) is 10.6 Å². The first kappa shape index (κ1) is 22.0. The van der Waals surface area contributed by atoms with Gasteiger partial charge in [0.25, 0.3) is 0 Å². The van der Waals surface area contributed by atoms with Gasteiger partial charge in [0.15, 0.2) is 5.75 Å². The quantitative estimate of drug-likeness (QED) is 0.385. The number of esters is 1. The van der Waals surface area contributed by atoms with E-state index in [1.165, 1.54) is 19.2 Å². The molecule has 2 rings (SSSR count). The minimum Gasteiger partial charge on any atom is -0.493 e. The number of nitro groups is 1. The van der Waals surface area contributed by atoms with Crippen LogP contribution >= 0.6 is 0 Å². The molecule has 1 aromatic rings. The maximum atomic E-state index is 12.6. The lowest BCUT2D eigenvalue weighted by Crippen LogP contribution is -2.45. The van der Waals surface area contributed by atoms with E-state index in [-0.39, 0.29) is 35.5 Å². The summed E-state index contributed by atoms with van der Waals surface area (Å²) < 4.78 is 16.0. The Bertz CT molecular complexity index is 848. The van der Waals surface area contributed by atoms with Gasteiger partial charge in [0.2, 0.25) is 5.75 Å². The number of benzene rings is 1. The Morgan fingerprint density at radius 1 is 1.31 bits per heavy atom. The second-order valence-corrected chi connectivity index (χ2v) is 6.49. The number of nitro benzene ring substituents is 1. The summed E-state index contributed by atoms with van der Waals surface area (Å²) in [6, 6.07) is 1.30. The lowest BCUT2D eigenvalue weighted by atomic mass is 9.93. The van der Waals surface area contributed by atoms with Gasteiger partial charge in [0.05, 0.1) is 36.4 Å². The number of hydrogen-bond donors (Lipinski definition) is 2. The number of rotatable bonds is 8. The van der Waals surface area contributed by atoms with Crippen molar-refractivity contribution < 1.29 is 28.7 Å². The molecule has 0 aromatic heterocycles. The van der Waals surface area contributed by atoms with E-state index in [2.05, 4.69) is 10.6 Å². The highest BCUT2D eigenvalue weighted by atomic mass is 16.6. The monoisotopic (exact) mass is 407 g/mol. The first-order valence-corrected chi connectivity index (χ1v) is 9.24. The molecule has 2 N–H and O–H groups in total. The number of carbonyl (C=O) groups is 2. The van der Waals surface area contributed by atoms with Crippen LogP contribution in [0.4, 0.5) is 10.5 Å². The zero-order valence-corrected chi connectivity index (χ0v) is 17.0. The Kier molecular flexibility index (Phi) is 7.03. The maximum absolute atomic E-state index is 12.6. The Morgan fingerprint density at radius 2 is 2.00 bits per heavy atom. The third kappa shape index (κ3) is 4.76. The van der Waals surface area contributed by atoms with Crippen molar-refractivity contribution >= 4 is 17.7 Å². The van der Waals surface area contributed by atoms with E-state index in [0.717, 1.165) is 0 Å². The maximum Gasteiger partial charge on any atom is 0.338 e. The molecule has 0 spiro atoms. The average Bonchev–Trinajstić information content (AvgIpc) is 2.66. The van der Waals surface area contributed by atoms with Crippen LogP contribution in [0.3, 0.4) is 0 Å². The highest BCUT2D eigenvalue weighted by Gasteiger charge is 2.35. The number of allylic oxidation sites excluding steroid dienone is 1. The Balaban J connectivity index is 2.69. The van der Waals surface area contributed by atoms with E-state index in [1.54, 1.807) is 27.7 Å². The normalized spacial score (nSPS) is 16.2. The van der Waals surface area contributed by atoms with Gasteiger partial charge in [-0.25, -0.2) is 9.59 Å². The summed E-state index contributed by atoms with van der Waals surface area (Å²) >= 11 is 0. The van der Waals surface area contributed by atoms with Crippen LogP contribution in [0.25, 0.3) is 0 Å². The number of urea groups is 1. The summed E-state index contributed by atoms with van der Waals surface area (Å²) in [6.45, 7) is 7.06. The predicted molar refractivity (Wildman–Crippen MR) is 104 cm³/mol. The molecule has 1 aromatic carbocycles. The summed E-state index contributed by atoms with van der Waals surface area (Å²) in [4.78, 5) is 35.8. The zero-order valence-electron chi connectivity index (χ0n) is 17.0. The van der Waals surface area contributed by atoms with Crippen LogP contribution in [0.1, 0.15) is 45.7 Å². The fourth-order valence-electron chi connectivity index (χ4n) is 3.01. The van der Waals surface area contributed by atoms with Crippen LogP contribution in [0.15, 0.2) is 23.4 Å². The predicted octanol–water partition coefficient (Wildman–Crippen LogP) is 2.97. The largest absolute Gasteiger partial charge is 0.493 e. The van der Waals surface area contributed by atoms with Crippen molar-refractivity contribution in [2.45, 2.75) is 46.3 Å². The van der Waals surface area contributed by atoms with Gasteiger partial charge >= 0.3 is 17.7 Å². The Hall–Kier alpha value is -3.30. The molecule has 158 valence electrons. The number of methoxy groups -OCH3 is 1. The standard InChI is InChI=1S/C19H25N3O7/c1-6-12-15(18(23)28-7-2)16(21-19(24)20-12)11-8-13(22(25)26)17(29-10(3)4)14(9-11)27-5/h8-10,16H,6-7H2,1-5H3,(H2,20,21,24). The van der Waals surface area contributed by atoms with Crippen LogP contribution in [-0.4, -0.2) is 36.7 Å². The molecule has 0 bridgehead atoms. The lowest BCUT2D eigenvalue weighted by molar-refractivity contribution is -0.386. The number of ether oxygens (including phenoxy) is 3. The van der Waals surface area contributed by atoms with E-state index in [1.807, 2.05) is 0 Å². The number of amides is 2. The fourth-order valence-corrected chi connectivity index (χ4v) is 3.01. The summed E-state index contributed by atoms with van der Waals surface area (Å²) in [6.07, 6.45) is 0.0416. The second-order valence-electron chi connectivity index (χ2n) is 6.49. The molecule has 0 radical (unpaired) electrons. The number of nitrogens with zero attached hydrogens (tertiary/aromatic N) is 1. The lowest BCUT2D eigenvalue weighted by Gasteiger charge is -2.29. The van der Waals surface area contributed by atoms with Crippen molar-refractivity contribution in [1.29, 1.82) is 0 Å². The minimum atomic E-state index is -0.946. The van der Waals surface area contributed by atoms with Gasteiger partial charge in [0, 0.05) is 11.8 Å². The van der Waals surface area contributed by atoms with Crippen LogP contribution in [0.2, 0.25) is 0 Å². The summed E-state index contributed by atoms with van der Waals surface area (Å²) in [5, 5.41) is 16.9. The first-order chi connectivity index (χ1) is 13.7. The molecule has 1 atom stereocenters. The van der Waals surface area contributed by atoms with Crippen LogP contribution in [-0.2, 0) is 9.53 Å². The number of hydrogen-bond acceptors (Lipinski definition) is 7. The molecule has 1 aliphatic heterocycles. The fraction of sp³-hybridized carbons (Fsp3) is 0.474. The molecule has 1 aliphatic rings. The van der Waals surface area contributed by atoms with Gasteiger partial charge in [-0.2, -0.15) is 0 Å². The molecule has 10 heteroatoms. The van der Waals surface area contributed by atoms with Gasteiger partial charge in [-0.1, -0.05) is 6.92 Å². The van der Waals surface area contributed by atoms with Gasteiger partial charge in [-0.05, 0) is 38.8 Å². The summed E-state index contributed by atoms with van der Waals surface area (Å²) in [7, 11) is 1.36. The highest BCUT2D eigenvalue weighted by Crippen LogP contribution is 2.42. The second kappa shape index (κ2) is 9.26. The summed E-state index contributed by atoms with van der Waals surface area (Å²) in [5.41, 5.74) is 0.541. The topological polar surface area (TPSA) is 129 Å². The molecule has 0 saturated heterocycles. The van der Waals surface area contributed by atoms with Gasteiger partial charge in [-0.15, -0.1) is 0 Å². The van der Waals surface area contributed by atoms with E-state index in [4.69, 9.17) is 14.2 Å². The third-order valence-corrected chi connectivity index (χ3v) is 4.16. The van der Waals surface area contributed by atoms with E-state index >= 15 is 0 Å². The molecule has 0 saturated carbocycles. The molecule has 10 nitrogen and oxygen atoms in total. The van der Waals surface area contributed by atoms with Crippen LogP contribution in [0, 0.1) is 10.1 Å². The minimum absolute atomic E-state index is 0.0195. The Morgan fingerprint density at radius 3 is 2.52 bits per heavy atom. The average molecular weight is 407 g/mol. The van der Waals surface area contributed by atoms with Crippen molar-refractivity contribution in [3.8, 4) is 11.5 Å². The van der Waals surface area contributed by atoms with Crippen molar-refractivity contribution in [2.24, 2.45) is 0 Å². The molecule has 0 fully saturated rings. The zero-order chi connectivity index (χ0) is 21.7. The summed E-state index contributed by atoms with van der Waals surface area (Å²) in [5.74, 6) is -0.517. The highest BCUT2D eigenvalue weighted by molar-refractivity contribution is 5.95. The molecule has 29 heavy (non-hydrogen) atoms. The van der Waals surface area contributed by atoms with Crippen molar-refractivity contribution in [3.05, 3.63) is 39.1 Å². The molecule has 0 aliphatic carbocycles. The van der Waals surface area contributed by atoms with Gasteiger partial charge < -0.3 is 24.8 Å². The Labute approximate surface area is 168 Å². The van der Waals surface area contributed by atoms with Crippen LogP contribution in [0.5, 0.6) is 11.5 Å². The van der Waals surface area contributed by atoms with E-state index in [9.17, 15) is 19.7 Å². The van der Waals surface area contributed by atoms with E-state index in [0.29, 0.717) is 17.7 Å². The number of nitrogens with one attached hydrogen (secondary N) is 2. The van der Waals surface area contributed by atoms with Gasteiger partial charge in [0.1, 0.15) is 0 Å². The smallest absolute Gasteiger partial charge is 0.338 e. The molecule has 2 amide bonds. The number of carbonyl (C=O) groups excluding carboxylic acids is 2. The third-order valence-electron chi connectivity index (χ3n) is 4.16. The van der Waals surface area contributed by atoms with E-state index < -0.39 is 23.0 Å². The van der Waals surface area contributed by atoms with Crippen LogP contribution < -0.4 is 20.1 Å². The molecule has 1 unspecified atom stereocenters. The SMILES string of the molecule is CCOC(=O)C1=C(CC)NC(=O)NC1c1cc(OC)c(OC(C)C)c([N+](=O)[O-])c1. The molecular formula is C19H25N3O7.